The van der Waals surface area contributed by atoms with Gasteiger partial charge in [0, 0.05) is 28.9 Å². The molecule has 1 aliphatic heterocycles. The van der Waals surface area contributed by atoms with Gasteiger partial charge in [0.05, 0.1) is 10.6 Å². The zero-order valence-corrected chi connectivity index (χ0v) is 17.2. The molecule has 0 atom stereocenters. The highest BCUT2D eigenvalue weighted by molar-refractivity contribution is 7.93. The highest BCUT2D eigenvalue weighted by atomic mass is 32.2. The molecule has 3 rings (SSSR count). The lowest BCUT2D eigenvalue weighted by Crippen LogP contribution is -2.41. The first-order valence-electron chi connectivity index (χ1n) is 8.47. The van der Waals surface area contributed by atoms with Crippen LogP contribution in [0.4, 0.5) is 10.8 Å². The summed E-state index contributed by atoms with van der Waals surface area (Å²) < 4.78 is 28.2. The van der Waals surface area contributed by atoms with E-state index in [0.29, 0.717) is 18.1 Å². The van der Waals surface area contributed by atoms with Crippen molar-refractivity contribution in [1.29, 1.82) is 0 Å². The van der Waals surface area contributed by atoms with Crippen LogP contribution in [-0.2, 0) is 20.2 Å². The quantitative estimate of drug-likeness (QED) is 0.861. The summed E-state index contributed by atoms with van der Waals surface area (Å²) in [6.07, 6.45) is 0.357. The summed E-state index contributed by atoms with van der Waals surface area (Å²) in [5.41, 5.74) is 2.05. The number of nitrogens with zero attached hydrogens (tertiary/aromatic N) is 2. The summed E-state index contributed by atoms with van der Waals surface area (Å²) in [4.78, 5) is 19.5. The lowest BCUT2D eigenvalue weighted by Gasteiger charge is -2.38. The molecule has 1 aliphatic rings. The Morgan fingerprint density at radius 3 is 2.58 bits per heavy atom. The Bertz CT molecular complexity index is 958. The van der Waals surface area contributed by atoms with E-state index >= 15 is 0 Å². The molecule has 0 bridgehead atoms. The van der Waals surface area contributed by atoms with E-state index in [9.17, 15) is 13.2 Å². The van der Waals surface area contributed by atoms with Crippen LogP contribution in [0.25, 0.3) is 0 Å². The molecular weight excluding hydrogens is 370 g/mol. The fourth-order valence-electron chi connectivity index (χ4n) is 3.20. The third-order valence-corrected chi connectivity index (χ3v) is 7.21. The summed E-state index contributed by atoms with van der Waals surface area (Å²) in [5, 5.41) is 0.363. The average molecular weight is 394 g/mol. The second-order valence-corrected chi connectivity index (χ2v) is 10.0. The maximum Gasteiger partial charge on any atom is 0.263 e. The van der Waals surface area contributed by atoms with Gasteiger partial charge in [-0.05, 0) is 44.5 Å². The number of carbonyl (C=O) groups excluding carboxylic acids is 1. The molecule has 0 fully saturated rings. The summed E-state index contributed by atoms with van der Waals surface area (Å²) in [6, 6.07) is 4.95. The third-order valence-electron chi connectivity index (χ3n) is 4.76. The smallest absolute Gasteiger partial charge is 0.263 e. The van der Waals surface area contributed by atoms with Gasteiger partial charge in [0.1, 0.15) is 0 Å². The zero-order valence-electron chi connectivity index (χ0n) is 15.6. The number of aryl methyl sites for hydroxylation is 2. The van der Waals surface area contributed by atoms with Crippen LogP contribution < -0.4 is 9.62 Å². The van der Waals surface area contributed by atoms with Crippen molar-refractivity contribution in [2.24, 2.45) is 0 Å². The molecule has 0 saturated heterocycles. The Labute approximate surface area is 158 Å². The fraction of sp³-hybridized carbons (Fsp3) is 0.444. The van der Waals surface area contributed by atoms with Crippen molar-refractivity contribution < 1.29 is 13.2 Å². The minimum Gasteiger partial charge on any atom is -0.312 e. The van der Waals surface area contributed by atoms with Crippen LogP contribution >= 0.6 is 11.3 Å². The molecule has 8 heteroatoms. The predicted molar refractivity (Wildman–Crippen MR) is 105 cm³/mol. The molecule has 0 unspecified atom stereocenters. The van der Waals surface area contributed by atoms with Crippen LogP contribution in [0, 0.1) is 13.8 Å². The predicted octanol–water partition coefficient (Wildman–Crippen LogP) is 3.59. The van der Waals surface area contributed by atoms with Gasteiger partial charge >= 0.3 is 0 Å². The van der Waals surface area contributed by atoms with E-state index in [1.54, 1.807) is 23.1 Å². The molecule has 1 aromatic carbocycles. The van der Waals surface area contributed by atoms with E-state index in [-0.39, 0.29) is 10.8 Å². The van der Waals surface area contributed by atoms with Crippen molar-refractivity contribution in [3.8, 4) is 0 Å². The highest BCUT2D eigenvalue weighted by Crippen LogP contribution is 2.41. The maximum absolute atomic E-state index is 12.8. The van der Waals surface area contributed by atoms with Crippen LogP contribution in [0.2, 0.25) is 0 Å². The lowest BCUT2D eigenvalue weighted by atomic mass is 9.77. The van der Waals surface area contributed by atoms with Crippen molar-refractivity contribution in [2.45, 2.75) is 51.3 Å². The largest absolute Gasteiger partial charge is 0.312 e. The number of nitrogens with one attached hydrogen (secondary N) is 1. The number of aromatic nitrogens is 1. The normalized spacial score (nSPS) is 16.5. The van der Waals surface area contributed by atoms with Gasteiger partial charge in [-0.3, -0.25) is 9.52 Å². The van der Waals surface area contributed by atoms with Crippen LogP contribution in [0.15, 0.2) is 23.1 Å². The Morgan fingerprint density at radius 2 is 2.00 bits per heavy atom. The second-order valence-electron chi connectivity index (χ2n) is 7.14. The molecule has 0 saturated carbocycles. The SMILES string of the molecule is CCN1C(=O)CC(C)(C)c2cc(S(=O)(=O)Nc3nc(C)c(C)s3)ccc21. The van der Waals surface area contributed by atoms with Gasteiger partial charge in [-0.25, -0.2) is 13.4 Å². The van der Waals surface area contributed by atoms with Gasteiger partial charge in [-0.15, -0.1) is 11.3 Å². The number of anilines is 2. The van der Waals surface area contributed by atoms with Gasteiger partial charge < -0.3 is 4.90 Å². The number of benzene rings is 1. The van der Waals surface area contributed by atoms with E-state index in [4.69, 9.17) is 0 Å². The zero-order chi connectivity index (χ0) is 19.3. The third kappa shape index (κ3) is 3.23. The van der Waals surface area contributed by atoms with E-state index in [1.165, 1.54) is 11.3 Å². The molecule has 0 spiro atoms. The molecule has 140 valence electrons. The summed E-state index contributed by atoms with van der Waals surface area (Å²) in [5.74, 6) is 0.0625. The molecule has 2 aromatic rings. The van der Waals surface area contributed by atoms with Gasteiger partial charge in [0.25, 0.3) is 10.0 Å². The van der Waals surface area contributed by atoms with Gasteiger partial charge in [0.2, 0.25) is 5.91 Å². The average Bonchev–Trinajstić information content (AvgIpc) is 2.83. The van der Waals surface area contributed by atoms with Gasteiger partial charge in [0.15, 0.2) is 5.13 Å². The second kappa shape index (κ2) is 6.35. The van der Waals surface area contributed by atoms with Gasteiger partial charge in [-0.2, -0.15) is 0 Å². The topological polar surface area (TPSA) is 79.4 Å². The monoisotopic (exact) mass is 393 g/mol. The molecule has 26 heavy (non-hydrogen) atoms. The van der Waals surface area contributed by atoms with Crippen LogP contribution in [0.1, 0.15) is 43.3 Å². The first-order valence-corrected chi connectivity index (χ1v) is 10.8. The number of hydrogen-bond donors (Lipinski definition) is 1. The van der Waals surface area contributed by atoms with Crippen molar-refractivity contribution in [3.05, 3.63) is 34.3 Å². The molecule has 1 N–H and O–H groups in total. The number of rotatable bonds is 4. The highest BCUT2D eigenvalue weighted by Gasteiger charge is 2.37. The van der Waals surface area contributed by atoms with Gasteiger partial charge in [-0.1, -0.05) is 13.8 Å². The minimum absolute atomic E-state index is 0.0625. The Hall–Kier alpha value is -1.93. The molecule has 1 amide bonds. The van der Waals surface area contributed by atoms with E-state index in [2.05, 4.69) is 9.71 Å². The number of hydrogen-bond acceptors (Lipinski definition) is 5. The number of amides is 1. The first kappa shape index (κ1) is 18.8. The number of fused-ring (bicyclic) bond motifs is 1. The summed E-state index contributed by atoms with van der Waals surface area (Å²) >= 11 is 1.31. The molecule has 0 radical (unpaired) electrons. The molecular formula is C18H23N3O3S2. The van der Waals surface area contributed by atoms with Crippen molar-refractivity contribution in [2.75, 3.05) is 16.2 Å². The summed E-state index contributed by atoms with van der Waals surface area (Å²) in [6.45, 7) is 10.2. The minimum atomic E-state index is -3.74. The van der Waals surface area contributed by atoms with Crippen molar-refractivity contribution in [1.82, 2.24) is 4.98 Å². The van der Waals surface area contributed by atoms with Crippen molar-refractivity contribution in [3.63, 3.8) is 0 Å². The van der Waals surface area contributed by atoms with Crippen LogP contribution in [0.5, 0.6) is 0 Å². The molecule has 6 nitrogen and oxygen atoms in total. The van der Waals surface area contributed by atoms with Crippen molar-refractivity contribution >= 4 is 38.1 Å². The fourth-order valence-corrected chi connectivity index (χ4v) is 5.28. The molecule has 0 aliphatic carbocycles. The maximum atomic E-state index is 12.8. The van der Waals surface area contributed by atoms with E-state index in [1.807, 2.05) is 34.6 Å². The Morgan fingerprint density at radius 1 is 1.31 bits per heavy atom. The Kier molecular flexibility index (Phi) is 4.60. The summed E-state index contributed by atoms with van der Waals surface area (Å²) in [7, 11) is -3.74. The molecule has 1 aromatic heterocycles. The van der Waals surface area contributed by atoms with Crippen LogP contribution in [0.3, 0.4) is 0 Å². The standard InChI is InChI=1S/C18H23N3O3S2/c1-6-21-15-8-7-13(9-14(15)18(4,5)10-16(21)22)26(23,24)20-17-19-11(2)12(3)25-17/h7-9H,6,10H2,1-5H3,(H,19,20). The lowest BCUT2D eigenvalue weighted by molar-refractivity contribution is -0.120. The van der Waals surface area contributed by atoms with E-state index in [0.717, 1.165) is 21.8 Å². The van der Waals surface area contributed by atoms with Crippen LogP contribution in [-0.4, -0.2) is 25.9 Å². The number of thiazole rings is 1. The Balaban J connectivity index is 2.03. The number of carbonyl (C=O) groups is 1. The van der Waals surface area contributed by atoms with E-state index < -0.39 is 15.4 Å². The molecule has 2 heterocycles. The first-order chi connectivity index (χ1) is 12.0. The number of sulfonamides is 1.